The Labute approximate surface area is 162 Å². The molecular formula is C23H18N2OS. The number of hydrogen-bond donors (Lipinski definition) is 0. The lowest BCUT2D eigenvalue weighted by Crippen LogP contribution is -2.15. The van der Waals surface area contributed by atoms with E-state index in [9.17, 15) is 4.79 Å². The Morgan fingerprint density at radius 3 is 2.00 bits per heavy atom. The molecule has 0 atom stereocenters. The summed E-state index contributed by atoms with van der Waals surface area (Å²) >= 11 is 1.63. The fraction of sp³-hybridized carbons (Fsp3) is 0.0435. The Kier molecular flexibility index (Phi) is 4.90. The van der Waals surface area contributed by atoms with E-state index in [0.29, 0.717) is 5.56 Å². The zero-order valence-electron chi connectivity index (χ0n) is 14.9. The number of aromatic nitrogens is 2. The van der Waals surface area contributed by atoms with Crippen LogP contribution in [-0.4, -0.2) is 15.7 Å². The number of rotatable bonds is 4. The molecule has 0 radical (unpaired) electrons. The summed E-state index contributed by atoms with van der Waals surface area (Å²) in [5.41, 5.74) is 3.26. The largest absolute Gasteiger partial charge is 0.278 e. The second-order valence-corrected chi connectivity index (χ2v) is 7.21. The average Bonchev–Trinajstić information content (AvgIpc) is 3.05. The fourth-order valence-electron chi connectivity index (χ4n) is 2.94. The zero-order valence-corrected chi connectivity index (χ0v) is 15.7. The van der Waals surface area contributed by atoms with Crippen LogP contribution in [0.2, 0.25) is 0 Å². The van der Waals surface area contributed by atoms with E-state index in [-0.39, 0.29) is 5.91 Å². The van der Waals surface area contributed by atoms with Crippen molar-refractivity contribution in [2.24, 2.45) is 0 Å². The van der Waals surface area contributed by atoms with Crippen LogP contribution >= 0.6 is 11.8 Å². The molecule has 1 heterocycles. The molecule has 0 aliphatic rings. The molecule has 27 heavy (non-hydrogen) atoms. The van der Waals surface area contributed by atoms with Gasteiger partial charge >= 0.3 is 0 Å². The van der Waals surface area contributed by atoms with Crippen LogP contribution in [0.15, 0.2) is 101 Å². The van der Waals surface area contributed by atoms with Gasteiger partial charge in [0.2, 0.25) is 0 Å². The van der Waals surface area contributed by atoms with Gasteiger partial charge in [-0.2, -0.15) is 9.78 Å². The van der Waals surface area contributed by atoms with Crippen molar-refractivity contribution in [3.63, 3.8) is 0 Å². The SMILES string of the molecule is Cc1nn(C(=O)c2ccccc2)c(-c2ccccc2)c1Sc1ccccc1. The van der Waals surface area contributed by atoms with Crippen LogP contribution in [0.4, 0.5) is 0 Å². The number of benzene rings is 3. The minimum absolute atomic E-state index is 0.127. The Hall–Kier alpha value is -3.11. The van der Waals surface area contributed by atoms with Gasteiger partial charge in [-0.1, -0.05) is 78.5 Å². The van der Waals surface area contributed by atoms with E-state index < -0.39 is 0 Å². The van der Waals surface area contributed by atoms with Gasteiger partial charge in [0.1, 0.15) is 0 Å². The molecule has 0 aliphatic heterocycles. The summed E-state index contributed by atoms with van der Waals surface area (Å²) in [5, 5.41) is 4.61. The first-order chi connectivity index (χ1) is 13.2. The molecule has 0 saturated carbocycles. The van der Waals surface area contributed by atoms with Crippen molar-refractivity contribution in [2.75, 3.05) is 0 Å². The smallest absolute Gasteiger partial charge is 0.267 e. The molecule has 0 amide bonds. The van der Waals surface area contributed by atoms with E-state index in [2.05, 4.69) is 17.2 Å². The molecule has 1 aromatic heterocycles. The minimum atomic E-state index is -0.127. The summed E-state index contributed by atoms with van der Waals surface area (Å²) in [6, 6.07) is 29.4. The fourth-order valence-corrected chi connectivity index (χ4v) is 3.96. The van der Waals surface area contributed by atoms with Crippen LogP contribution in [0.5, 0.6) is 0 Å². The maximum atomic E-state index is 13.1. The first-order valence-corrected chi connectivity index (χ1v) is 9.53. The van der Waals surface area contributed by atoms with Crippen LogP contribution in [0, 0.1) is 6.92 Å². The summed E-state index contributed by atoms with van der Waals surface area (Å²) in [4.78, 5) is 15.3. The minimum Gasteiger partial charge on any atom is -0.267 e. The zero-order chi connectivity index (χ0) is 18.6. The lowest BCUT2D eigenvalue weighted by molar-refractivity contribution is 0.0946. The molecule has 0 spiro atoms. The van der Waals surface area contributed by atoms with Gasteiger partial charge in [0, 0.05) is 16.0 Å². The number of hydrogen-bond acceptors (Lipinski definition) is 3. The van der Waals surface area contributed by atoms with Crippen molar-refractivity contribution in [2.45, 2.75) is 16.7 Å². The van der Waals surface area contributed by atoms with Gasteiger partial charge in [-0.05, 0) is 31.2 Å². The standard InChI is InChI=1S/C23H18N2OS/c1-17-22(27-20-15-9-4-10-16-20)21(18-11-5-2-6-12-18)25(24-17)23(26)19-13-7-3-8-14-19/h2-16H,1H3. The van der Waals surface area contributed by atoms with Crippen LogP contribution in [0.1, 0.15) is 16.1 Å². The summed E-state index contributed by atoms with van der Waals surface area (Å²) in [5.74, 6) is -0.127. The summed E-state index contributed by atoms with van der Waals surface area (Å²) in [6.45, 7) is 1.95. The molecule has 0 aliphatic carbocycles. The van der Waals surface area contributed by atoms with E-state index in [1.165, 1.54) is 4.68 Å². The second-order valence-electron chi connectivity index (χ2n) is 6.13. The van der Waals surface area contributed by atoms with Crippen LogP contribution in [-0.2, 0) is 0 Å². The van der Waals surface area contributed by atoms with Gasteiger partial charge in [-0.3, -0.25) is 4.79 Å². The Balaban J connectivity index is 1.87. The Morgan fingerprint density at radius 2 is 1.37 bits per heavy atom. The summed E-state index contributed by atoms with van der Waals surface area (Å²) in [7, 11) is 0. The highest BCUT2D eigenvalue weighted by molar-refractivity contribution is 7.99. The molecular weight excluding hydrogens is 352 g/mol. The van der Waals surface area contributed by atoms with Gasteiger partial charge in [-0.15, -0.1) is 0 Å². The highest BCUT2D eigenvalue weighted by Gasteiger charge is 2.22. The third-order valence-electron chi connectivity index (χ3n) is 4.23. The topological polar surface area (TPSA) is 34.9 Å². The lowest BCUT2D eigenvalue weighted by Gasteiger charge is -2.09. The van der Waals surface area contributed by atoms with Crippen molar-refractivity contribution in [1.29, 1.82) is 0 Å². The number of carbonyl (C=O) groups excluding carboxylic acids is 1. The normalized spacial score (nSPS) is 10.7. The van der Waals surface area contributed by atoms with E-state index in [4.69, 9.17) is 0 Å². The molecule has 0 N–H and O–H groups in total. The monoisotopic (exact) mass is 370 g/mol. The van der Waals surface area contributed by atoms with E-state index in [1.54, 1.807) is 11.8 Å². The Bertz CT molecular complexity index is 1060. The van der Waals surface area contributed by atoms with Crippen LogP contribution in [0.3, 0.4) is 0 Å². The van der Waals surface area contributed by atoms with Gasteiger partial charge in [0.25, 0.3) is 5.91 Å². The predicted octanol–water partition coefficient (Wildman–Crippen LogP) is 5.70. The molecule has 4 heteroatoms. The molecule has 0 bridgehead atoms. The average molecular weight is 370 g/mol. The van der Waals surface area contributed by atoms with Crippen molar-refractivity contribution in [3.8, 4) is 11.3 Å². The van der Waals surface area contributed by atoms with Crippen LogP contribution in [0.25, 0.3) is 11.3 Å². The summed E-state index contributed by atoms with van der Waals surface area (Å²) in [6.07, 6.45) is 0. The van der Waals surface area contributed by atoms with E-state index >= 15 is 0 Å². The molecule has 3 aromatic carbocycles. The number of carbonyl (C=O) groups is 1. The lowest BCUT2D eigenvalue weighted by atomic mass is 10.1. The second kappa shape index (κ2) is 7.64. The third-order valence-corrected chi connectivity index (χ3v) is 5.43. The maximum Gasteiger partial charge on any atom is 0.278 e. The van der Waals surface area contributed by atoms with Crippen molar-refractivity contribution in [1.82, 2.24) is 9.78 Å². The highest BCUT2D eigenvalue weighted by Crippen LogP contribution is 2.38. The molecule has 4 aromatic rings. The molecule has 0 saturated heterocycles. The van der Waals surface area contributed by atoms with Gasteiger partial charge < -0.3 is 0 Å². The van der Waals surface area contributed by atoms with Crippen molar-refractivity contribution in [3.05, 3.63) is 102 Å². The number of nitrogens with zero attached hydrogens (tertiary/aromatic N) is 2. The first-order valence-electron chi connectivity index (χ1n) is 8.72. The van der Waals surface area contributed by atoms with Gasteiger partial charge in [0.15, 0.2) is 0 Å². The third kappa shape index (κ3) is 3.57. The predicted molar refractivity (Wildman–Crippen MR) is 109 cm³/mol. The molecule has 4 rings (SSSR count). The van der Waals surface area contributed by atoms with Gasteiger partial charge in [-0.25, -0.2) is 0 Å². The van der Waals surface area contributed by atoms with E-state index in [1.807, 2.05) is 85.8 Å². The highest BCUT2D eigenvalue weighted by atomic mass is 32.2. The molecule has 0 fully saturated rings. The Morgan fingerprint density at radius 1 is 0.815 bits per heavy atom. The first kappa shape index (κ1) is 17.3. The van der Waals surface area contributed by atoms with Crippen LogP contribution < -0.4 is 0 Å². The number of aryl methyl sites for hydroxylation is 1. The quantitative estimate of drug-likeness (QED) is 0.462. The molecule has 0 unspecified atom stereocenters. The van der Waals surface area contributed by atoms with Gasteiger partial charge in [0.05, 0.1) is 16.3 Å². The molecule has 3 nitrogen and oxygen atoms in total. The van der Waals surface area contributed by atoms with Crippen molar-refractivity contribution < 1.29 is 4.79 Å². The van der Waals surface area contributed by atoms with E-state index in [0.717, 1.165) is 26.7 Å². The molecule has 132 valence electrons. The maximum absolute atomic E-state index is 13.1. The summed E-state index contributed by atoms with van der Waals surface area (Å²) < 4.78 is 1.53. The van der Waals surface area contributed by atoms with Crippen molar-refractivity contribution >= 4 is 17.7 Å².